The van der Waals surface area contributed by atoms with Crippen LogP contribution in [0.3, 0.4) is 0 Å². The van der Waals surface area contributed by atoms with Crippen LogP contribution in [0.5, 0.6) is 0 Å². The van der Waals surface area contributed by atoms with Crippen LogP contribution in [0.4, 0.5) is 0 Å². The number of methoxy groups -OCH3 is 1. The summed E-state index contributed by atoms with van der Waals surface area (Å²) in [5.41, 5.74) is 1.30. The monoisotopic (exact) mass is 273 g/mol. The highest BCUT2D eigenvalue weighted by Crippen LogP contribution is 2.32. The summed E-state index contributed by atoms with van der Waals surface area (Å²) < 4.78 is 7.27. The van der Waals surface area contributed by atoms with Crippen LogP contribution >= 0.6 is 0 Å². The van der Waals surface area contributed by atoms with Gasteiger partial charge in [-0.1, -0.05) is 50.6 Å². The minimum Gasteiger partial charge on any atom is -0.383 e. The summed E-state index contributed by atoms with van der Waals surface area (Å²) in [7, 11) is 1.72. The zero-order chi connectivity index (χ0) is 14.4. The predicted octanol–water partition coefficient (Wildman–Crippen LogP) is 3.10. The number of aromatic nitrogens is 3. The van der Waals surface area contributed by atoms with Gasteiger partial charge in [0.15, 0.2) is 0 Å². The molecule has 0 spiro atoms. The second-order valence-electron chi connectivity index (χ2n) is 5.15. The number of rotatable bonds is 7. The molecule has 0 aliphatic heterocycles. The van der Waals surface area contributed by atoms with E-state index in [2.05, 4.69) is 52.9 Å². The van der Waals surface area contributed by atoms with Gasteiger partial charge in [0.1, 0.15) is 12.2 Å². The van der Waals surface area contributed by atoms with Gasteiger partial charge in [-0.15, -0.1) is 10.2 Å². The maximum atomic E-state index is 5.17. The molecule has 0 bridgehead atoms. The Hall–Kier alpha value is -1.68. The number of hydrogen-bond donors (Lipinski definition) is 0. The van der Waals surface area contributed by atoms with Crippen LogP contribution in [-0.4, -0.2) is 28.5 Å². The van der Waals surface area contributed by atoms with E-state index in [9.17, 15) is 0 Å². The van der Waals surface area contributed by atoms with Crippen molar-refractivity contribution in [2.24, 2.45) is 5.92 Å². The van der Waals surface area contributed by atoms with Gasteiger partial charge < -0.3 is 9.30 Å². The third kappa shape index (κ3) is 3.25. The van der Waals surface area contributed by atoms with Crippen molar-refractivity contribution < 1.29 is 4.74 Å². The molecule has 1 aromatic heterocycles. The molecule has 108 valence electrons. The largest absolute Gasteiger partial charge is 0.383 e. The number of nitrogens with zero attached hydrogens (tertiary/aromatic N) is 3. The first-order valence-electron chi connectivity index (χ1n) is 7.19. The highest BCUT2D eigenvalue weighted by atomic mass is 16.5. The van der Waals surface area contributed by atoms with Gasteiger partial charge in [0.05, 0.1) is 6.61 Å². The van der Waals surface area contributed by atoms with Gasteiger partial charge in [-0.3, -0.25) is 0 Å². The summed E-state index contributed by atoms with van der Waals surface area (Å²) in [6.07, 6.45) is 2.91. The highest BCUT2D eigenvalue weighted by Gasteiger charge is 2.24. The SMILES string of the molecule is CCC(C)C(c1ccccc1)c1nncn1CCOC. The fourth-order valence-corrected chi connectivity index (χ4v) is 2.49. The predicted molar refractivity (Wildman–Crippen MR) is 79.6 cm³/mol. The van der Waals surface area contributed by atoms with Gasteiger partial charge in [-0.25, -0.2) is 0 Å². The number of benzene rings is 1. The fourth-order valence-electron chi connectivity index (χ4n) is 2.49. The Morgan fingerprint density at radius 2 is 2.00 bits per heavy atom. The van der Waals surface area contributed by atoms with Crippen LogP contribution in [0.1, 0.15) is 37.6 Å². The molecule has 0 saturated heterocycles. The average Bonchev–Trinajstić information content (AvgIpc) is 2.94. The van der Waals surface area contributed by atoms with Crippen LogP contribution < -0.4 is 0 Å². The average molecular weight is 273 g/mol. The van der Waals surface area contributed by atoms with Gasteiger partial charge in [0, 0.05) is 19.6 Å². The number of hydrogen-bond acceptors (Lipinski definition) is 3. The third-order valence-electron chi connectivity index (χ3n) is 3.83. The molecule has 2 aromatic rings. The molecular formula is C16H23N3O. The normalized spacial score (nSPS) is 14.2. The summed E-state index contributed by atoms with van der Waals surface area (Å²) >= 11 is 0. The van der Waals surface area contributed by atoms with Crippen LogP contribution in [0.15, 0.2) is 36.7 Å². The summed E-state index contributed by atoms with van der Waals surface area (Å²) in [6.45, 7) is 5.95. The quantitative estimate of drug-likeness (QED) is 0.778. The van der Waals surface area contributed by atoms with E-state index < -0.39 is 0 Å². The topological polar surface area (TPSA) is 39.9 Å². The molecular weight excluding hydrogens is 250 g/mol. The molecule has 0 saturated carbocycles. The molecule has 1 heterocycles. The molecule has 0 aliphatic rings. The molecule has 20 heavy (non-hydrogen) atoms. The van der Waals surface area contributed by atoms with Crippen molar-refractivity contribution in [2.45, 2.75) is 32.7 Å². The highest BCUT2D eigenvalue weighted by molar-refractivity contribution is 5.26. The lowest BCUT2D eigenvalue weighted by Crippen LogP contribution is -2.18. The van der Waals surface area contributed by atoms with Crippen molar-refractivity contribution in [3.05, 3.63) is 48.0 Å². The minimum atomic E-state index is 0.278. The Labute approximate surface area is 120 Å². The molecule has 2 atom stereocenters. The molecule has 4 heteroatoms. The lowest BCUT2D eigenvalue weighted by atomic mass is 9.85. The Balaban J connectivity index is 2.35. The Morgan fingerprint density at radius 1 is 1.25 bits per heavy atom. The van der Waals surface area contributed by atoms with E-state index in [4.69, 9.17) is 4.74 Å². The lowest BCUT2D eigenvalue weighted by molar-refractivity contribution is 0.185. The lowest BCUT2D eigenvalue weighted by Gasteiger charge is -2.23. The molecule has 2 rings (SSSR count). The molecule has 2 unspecified atom stereocenters. The first kappa shape index (κ1) is 14.7. The first-order valence-corrected chi connectivity index (χ1v) is 7.19. The van der Waals surface area contributed by atoms with Gasteiger partial charge >= 0.3 is 0 Å². The summed E-state index contributed by atoms with van der Waals surface area (Å²) in [4.78, 5) is 0. The summed E-state index contributed by atoms with van der Waals surface area (Å²) in [6, 6.07) is 10.6. The van der Waals surface area contributed by atoms with Crippen molar-refractivity contribution in [1.82, 2.24) is 14.8 Å². The second kappa shape index (κ2) is 7.20. The Morgan fingerprint density at radius 3 is 2.65 bits per heavy atom. The standard InChI is InChI=1S/C16H23N3O/c1-4-13(2)15(14-8-6-5-7-9-14)16-18-17-12-19(16)10-11-20-3/h5-9,12-13,15H,4,10-11H2,1-3H3. The van der Waals surface area contributed by atoms with Crippen LogP contribution in [-0.2, 0) is 11.3 Å². The maximum Gasteiger partial charge on any atom is 0.140 e. The summed E-state index contributed by atoms with van der Waals surface area (Å²) in [5.74, 6) is 1.83. The van der Waals surface area contributed by atoms with E-state index in [1.807, 2.05) is 6.07 Å². The van der Waals surface area contributed by atoms with Crippen molar-refractivity contribution in [3.63, 3.8) is 0 Å². The molecule has 4 nitrogen and oxygen atoms in total. The van der Waals surface area contributed by atoms with Gasteiger partial charge in [-0.2, -0.15) is 0 Å². The maximum absolute atomic E-state index is 5.17. The third-order valence-corrected chi connectivity index (χ3v) is 3.83. The first-order chi connectivity index (χ1) is 9.77. The van der Waals surface area contributed by atoms with Gasteiger partial charge in [0.25, 0.3) is 0 Å². The molecule has 0 aliphatic carbocycles. The van der Waals surface area contributed by atoms with E-state index in [-0.39, 0.29) is 5.92 Å². The van der Waals surface area contributed by atoms with E-state index in [0.29, 0.717) is 12.5 Å². The zero-order valence-corrected chi connectivity index (χ0v) is 12.5. The zero-order valence-electron chi connectivity index (χ0n) is 12.5. The molecule has 0 amide bonds. The van der Waals surface area contributed by atoms with Crippen LogP contribution in [0, 0.1) is 5.92 Å². The van der Waals surface area contributed by atoms with Gasteiger partial charge in [0.2, 0.25) is 0 Å². The molecule has 0 N–H and O–H groups in total. The van der Waals surface area contributed by atoms with E-state index in [0.717, 1.165) is 18.8 Å². The fraction of sp³-hybridized carbons (Fsp3) is 0.500. The minimum absolute atomic E-state index is 0.278. The Kier molecular flexibility index (Phi) is 5.30. The van der Waals surface area contributed by atoms with E-state index >= 15 is 0 Å². The number of ether oxygens (including phenoxy) is 1. The van der Waals surface area contributed by atoms with Crippen molar-refractivity contribution in [3.8, 4) is 0 Å². The smallest absolute Gasteiger partial charge is 0.140 e. The van der Waals surface area contributed by atoms with Crippen LogP contribution in [0.25, 0.3) is 0 Å². The van der Waals surface area contributed by atoms with Crippen molar-refractivity contribution in [1.29, 1.82) is 0 Å². The summed E-state index contributed by atoms with van der Waals surface area (Å²) in [5, 5.41) is 8.47. The van der Waals surface area contributed by atoms with Crippen LogP contribution in [0.2, 0.25) is 0 Å². The Bertz CT molecular complexity index is 509. The van der Waals surface area contributed by atoms with Crippen molar-refractivity contribution in [2.75, 3.05) is 13.7 Å². The van der Waals surface area contributed by atoms with E-state index in [1.165, 1.54) is 5.56 Å². The molecule has 0 radical (unpaired) electrons. The van der Waals surface area contributed by atoms with Gasteiger partial charge in [-0.05, 0) is 11.5 Å². The van der Waals surface area contributed by atoms with Crippen molar-refractivity contribution >= 4 is 0 Å². The van der Waals surface area contributed by atoms with E-state index in [1.54, 1.807) is 13.4 Å². The molecule has 0 fully saturated rings. The second-order valence-corrected chi connectivity index (χ2v) is 5.15. The molecule has 1 aromatic carbocycles.